The van der Waals surface area contributed by atoms with E-state index in [0.29, 0.717) is 37.7 Å². The summed E-state index contributed by atoms with van der Waals surface area (Å²) in [6.07, 6.45) is 2.97. The summed E-state index contributed by atoms with van der Waals surface area (Å²) in [5.41, 5.74) is 1.02. The van der Waals surface area contributed by atoms with E-state index in [1.54, 1.807) is 47.2 Å². The van der Waals surface area contributed by atoms with Gasteiger partial charge in [-0.05, 0) is 54.2 Å². The lowest BCUT2D eigenvalue weighted by Crippen LogP contribution is -2.23. The molecule has 0 spiro atoms. The van der Waals surface area contributed by atoms with E-state index >= 15 is 0 Å². The van der Waals surface area contributed by atoms with Crippen LogP contribution in [0.25, 0.3) is 21.8 Å². The number of furan rings is 1. The Labute approximate surface area is 168 Å². The van der Waals surface area contributed by atoms with Crippen molar-refractivity contribution in [2.45, 2.75) is 16.7 Å². The van der Waals surface area contributed by atoms with E-state index in [2.05, 4.69) is 15.0 Å². The molecule has 3 aromatic heterocycles. The molecule has 5 aromatic rings. The van der Waals surface area contributed by atoms with Crippen LogP contribution in [-0.2, 0) is 6.54 Å². The van der Waals surface area contributed by atoms with E-state index in [1.807, 2.05) is 6.07 Å². The predicted molar refractivity (Wildman–Crippen MR) is 107 cm³/mol. The molecule has 0 aliphatic heterocycles. The summed E-state index contributed by atoms with van der Waals surface area (Å²) < 4.78 is 20.8. The maximum atomic E-state index is 13.8. The van der Waals surface area contributed by atoms with Gasteiger partial charge in [-0.1, -0.05) is 12.1 Å². The summed E-state index contributed by atoms with van der Waals surface area (Å²) >= 11 is 1.20. The number of fused-ring (bicyclic) bond motifs is 2. The Morgan fingerprint density at radius 1 is 1.00 bits per heavy atom. The highest BCUT2D eigenvalue weighted by Crippen LogP contribution is 2.31. The number of nitrogens with zero attached hydrogens (tertiary/aromatic N) is 4. The van der Waals surface area contributed by atoms with Crippen molar-refractivity contribution in [2.24, 2.45) is 0 Å². The number of hydrogen-bond donors (Lipinski definition) is 0. The van der Waals surface area contributed by atoms with Gasteiger partial charge in [0.25, 0.3) is 5.56 Å². The van der Waals surface area contributed by atoms with Crippen LogP contribution in [0.4, 0.5) is 4.39 Å². The first kappa shape index (κ1) is 17.6. The molecule has 0 aliphatic carbocycles. The molecule has 0 amide bonds. The minimum Gasteiger partial charge on any atom is -0.467 e. The molecule has 0 N–H and O–H groups in total. The molecule has 0 atom stereocenters. The highest BCUT2D eigenvalue weighted by molar-refractivity contribution is 7.99. The van der Waals surface area contributed by atoms with Crippen molar-refractivity contribution >= 4 is 33.6 Å². The lowest BCUT2D eigenvalue weighted by Gasteiger charge is -2.12. The van der Waals surface area contributed by atoms with Gasteiger partial charge in [0.15, 0.2) is 5.16 Å². The number of halogens is 1. The molecular formula is C21H13FN4O2S. The van der Waals surface area contributed by atoms with Crippen molar-refractivity contribution in [3.63, 3.8) is 0 Å². The van der Waals surface area contributed by atoms with E-state index < -0.39 is 0 Å². The van der Waals surface area contributed by atoms with Gasteiger partial charge in [0.1, 0.15) is 22.9 Å². The molecular weight excluding hydrogens is 391 g/mol. The largest absolute Gasteiger partial charge is 0.467 e. The van der Waals surface area contributed by atoms with Crippen LogP contribution in [0, 0.1) is 5.82 Å². The first-order valence-electron chi connectivity index (χ1n) is 8.79. The Morgan fingerprint density at radius 2 is 1.90 bits per heavy atom. The molecule has 8 heteroatoms. The number of para-hydroxylation sites is 1. The first-order valence-corrected chi connectivity index (χ1v) is 9.61. The lowest BCUT2D eigenvalue weighted by molar-refractivity contribution is 0.476. The van der Waals surface area contributed by atoms with Crippen LogP contribution >= 0.6 is 11.8 Å². The van der Waals surface area contributed by atoms with Crippen molar-refractivity contribution in [1.29, 1.82) is 0 Å². The number of aromatic nitrogens is 4. The predicted octanol–water partition coefficient (Wildman–Crippen LogP) is 4.27. The Kier molecular flexibility index (Phi) is 4.33. The van der Waals surface area contributed by atoms with Crippen LogP contribution < -0.4 is 5.56 Å². The average molecular weight is 404 g/mol. The smallest absolute Gasteiger partial charge is 0.262 e. The van der Waals surface area contributed by atoms with Gasteiger partial charge in [0, 0.05) is 5.39 Å². The summed E-state index contributed by atoms with van der Waals surface area (Å²) in [5.74, 6) is 0.248. The number of benzene rings is 2. The second-order valence-electron chi connectivity index (χ2n) is 6.32. The highest BCUT2D eigenvalue weighted by Gasteiger charge is 2.16. The summed E-state index contributed by atoms with van der Waals surface area (Å²) in [4.78, 5) is 26.3. The standard InChI is InChI=1S/C21H13FN4O2S/c22-13-7-8-17-16(10-13)19(24-12-23-17)29-21-25-18-6-2-1-5-15(18)20(27)26(21)11-14-4-3-9-28-14/h1-10,12H,11H2. The van der Waals surface area contributed by atoms with E-state index in [4.69, 9.17) is 4.42 Å². The Bertz CT molecular complexity index is 1400. The summed E-state index contributed by atoms with van der Waals surface area (Å²) in [5, 5.41) is 2.03. The monoisotopic (exact) mass is 404 g/mol. The van der Waals surface area contributed by atoms with Gasteiger partial charge in [0.2, 0.25) is 0 Å². The molecule has 0 fully saturated rings. The summed E-state index contributed by atoms with van der Waals surface area (Å²) in [6, 6.07) is 15.1. The van der Waals surface area contributed by atoms with Crippen LogP contribution in [0.2, 0.25) is 0 Å². The SMILES string of the molecule is O=c1c2ccccc2nc(Sc2ncnc3ccc(F)cc23)n1Cc1ccco1. The maximum Gasteiger partial charge on any atom is 0.262 e. The van der Waals surface area contributed by atoms with Gasteiger partial charge in [0.05, 0.1) is 29.2 Å². The topological polar surface area (TPSA) is 73.8 Å². The van der Waals surface area contributed by atoms with Gasteiger partial charge in [-0.3, -0.25) is 9.36 Å². The minimum absolute atomic E-state index is 0.181. The van der Waals surface area contributed by atoms with Crippen LogP contribution in [-0.4, -0.2) is 19.5 Å². The molecule has 0 unspecified atom stereocenters. The van der Waals surface area contributed by atoms with Crippen molar-refractivity contribution in [1.82, 2.24) is 19.5 Å². The quantitative estimate of drug-likeness (QED) is 0.329. The fourth-order valence-electron chi connectivity index (χ4n) is 3.10. The molecule has 3 heterocycles. The third-order valence-corrected chi connectivity index (χ3v) is 5.48. The molecule has 0 aliphatic rings. The zero-order valence-electron chi connectivity index (χ0n) is 14.9. The van der Waals surface area contributed by atoms with Crippen molar-refractivity contribution < 1.29 is 8.81 Å². The Morgan fingerprint density at radius 3 is 2.76 bits per heavy atom. The van der Waals surface area contributed by atoms with E-state index in [1.165, 1.54) is 30.2 Å². The zero-order chi connectivity index (χ0) is 19.8. The van der Waals surface area contributed by atoms with Gasteiger partial charge in [-0.2, -0.15) is 0 Å². The van der Waals surface area contributed by atoms with Crippen molar-refractivity contribution in [3.8, 4) is 0 Å². The second-order valence-corrected chi connectivity index (χ2v) is 7.28. The van der Waals surface area contributed by atoms with Crippen LogP contribution in [0.3, 0.4) is 0 Å². The molecule has 2 aromatic carbocycles. The summed E-state index contributed by atoms with van der Waals surface area (Å²) in [6.45, 7) is 0.226. The Balaban J connectivity index is 1.70. The molecule has 0 bridgehead atoms. The van der Waals surface area contributed by atoms with E-state index in [-0.39, 0.29) is 17.9 Å². The lowest BCUT2D eigenvalue weighted by atomic mass is 10.2. The van der Waals surface area contributed by atoms with Crippen molar-refractivity contribution in [3.05, 3.63) is 89.1 Å². The van der Waals surface area contributed by atoms with Crippen LogP contribution in [0.5, 0.6) is 0 Å². The molecule has 0 saturated carbocycles. The zero-order valence-corrected chi connectivity index (χ0v) is 15.8. The molecule has 0 radical (unpaired) electrons. The van der Waals surface area contributed by atoms with Crippen LogP contribution in [0.1, 0.15) is 5.76 Å². The van der Waals surface area contributed by atoms with Gasteiger partial charge in [-0.25, -0.2) is 19.3 Å². The summed E-state index contributed by atoms with van der Waals surface area (Å²) in [7, 11) is 0. The third kappa shape index (κ3) is 3.27. The molecule has 142 valence electrons. The third-order valence-electron chi connectivity index (χ3n) is 4.47. The first-order chi connectivity index (χ1) is 14.2. The van der Waals surface area contributed by atoms with E-state index in [9.17, 15) is 9.18 Å². The number of hydrogen-bond acceptors (Lipinski definition) is 6. The average Bonchev–Trinajstić information content (AvgIpc) is 3.25. The van der Waals surface area contributed by atoms with E-state index in [0.717, 1.165) is 0 Å². The maximum absolute atomic E-state index is 13.8. The molecule has 29 heavy (non-hydrogen) atoms. The van der Waals surface area contributed by atoms with Gasteiger partial charge >= 0.3 is 0 Å². The fraction of sp³-hybridized carbons (Fsp3) is 0.0476. The minimum atomic E-state index is -0.381. The number of rotatable bonds is 4. The molecule has 0 saturated heterocycles. The van der Waals surface area contributed by atoms with Crippen molar-refractivity contribution in [2.75, 3.05) is 0 Å². The fourth-order valence-corrected chi connectivity index (χ4v) is 4.04. The van der Waals surface area contributed by atoms with Gasteiger partial charge < -0.3 is 4.42 Å². The Hall–Kier alpha value is -3.52. The second kappa shape index (κ2) is 7.14. The molecule has 6 nitrogen and oxygen atoms in total. The van der Waals surface area contributed by atoms with Gasteiger partial charge in [-0.15, -0.1) is 0 Å². The van der Waals surface area contributed by atoms with Crippen LogP contribution in [0.15, 0.2) is 86.6 Å². The normalized spacial score (nSPS) is 11.3. The molecule has 5 rings (SSSR count). The highest BCUT2D eigenvalue weighted by atomic mass is 32.2.